The Morgan fingerprint density at radius 1 is 0.708 bits per heavy atom. The van der Waals surface area contributed by atoms with Crippen LogP contribution in [0.1, 0.15) is 26.3 Å². The van der Waals surface area contributed by atoms with Crippen molar-refractivity contribution in [1.29, 1.82) is 0 Å². The molecule has 0 spiro atoms. The van der Waals surface area contributed by atoms with Crippen molar-refractivity contribution in [2.45, 2.75) is 27.2 Å². The summed E-state index contributed by atoms with van der Waals surface area (Å²) < 4.78 is 2.73. The number of thiophene rings is 1. The highest BCUT2D eigenvalue weighted by Crippen LogP contribution is 2.36. The molecule has 0 radical (unpaired) electrons. The lowest BCUT2D eigenvalue weighted by Gasteiger charge is -2.18. The number of rotatable bonds is 2. The van der Waals surface area contributed by atoms with Crippen LogP contribution in [0.25, 0.3) is 31.3 Å². The second kappa shape index (κ2) is 5.75. The summed E-state index contributed by atoms with van der Waals surface area (Å²) in [7, 11) is 0. The molecule has 24 heavy (non-hydrogen) atoms. The molecule has 1 heterocycles. The zero-order valence-corrected chi connectivity index (χ0v) is 15.3. The second-order valence-corrected chi connectivity index (χ2v) is 8.83. The van der Waals surface area contributed by atoms with Crippen molar-refractivity contribution in [1.82, 2.24) is 0 Å². The Kier molecular flexibility index (Phi) is 3.69. The van der Waals surface area contributed by atoms with Crippen LogP contribution in [0.2, 0.25) is 0 Å². The summed E-state index contributed by atoms with van der Waals surface area (Å²) in [4.78, 5) is 0. The van der Waals surface area contributed by atoms with Crippen molar-refractivity contribution < 1.29 is 0 Å². The fourth-order valence-corrected chi connectivity index (χ4v) is 4.48. The summed E-state index contributed by atoms with van der Waals surface area (Å²) in [5, 5.41) is 2.73. The lowest BCUT2D eigenvalue weighted by molar-refractivity contribution is 0.411. The average molecular weight is 330 g/mol. The maximum atomic E-state index is 2.33. The first-order valence-corrected chi connectivity index (χ1v) is 9.32. The standard InChI is InChI=1S/C23H22S/c1-23(2,3)15-16-8-10-17(11-9-16)18-12-13-20-19-6-4-5-7-21(19)24-22(20)14-18/h4-14H,15H2,1-3H3. The van der Waals surface area contributed by atoms with Gasteiger partial charge in [-0.1, -0.05) is 75.4 Å². The Hall–Kier alpha value is -2.12. The zero-order chi connectivity index (χ0) is 16.7. The molecule has 0 N–H and O–H groups in total. The lowest BCUT2D eigenvalue weighted by Crippen LogP contribution is -2.08. The van der Waals surface area contributed by atoms with E-state index in [1.807, 2.05) is 11.3 Å². The van der Waals surface area contributed by atoms with Crippen molar-refractivity contribution in [3.05, 3.63) is 72.3 Å². The largest absolute Gasteiger partial charge is 0.135 e. The van der Waals surface area contributed by atoms with E-state index in [9.17, 15) is 0 Å². The molecule has 0 saturated carbocycles. The smallest absolute Gasteiger partial charge is 0.0361 e. The molecular weight excluding hydrogens is 308 g/mol. The van der Waals surface area contributed by atoms with Gasteiger partial charge in [-0.3, -0.25) is 0 Å². The quantitative estimate of drug-likeness (QED) is 0.361. The van der Waals surface area contributed by atoms with E-state index in [0.717, 1.165) is 6.42 Å². The van der Waals surface area contributed by atoms with Crippen molar-refractivity contribution >= 4 is 31.5 Å². The van der Waals surface area contributed by atoms with Gasteiger partial charge in [0.2, 0.25) is 0 Å². The van der Waals surface area contributed by atoms with Gasteiger partial charge in [0.15, 0.2) is 0 Å². The highest BCUT2D eigenvalue weighted by Gasteiger charge is 2.11. The highest BCUT2D eigenvalue weighted by molar-refractivity contribution is 7.25. The van der Waals surface area contributed by atoms with Crippen molar-refractivity contribution in [3.8, 4) is 11.1 Å². The number of hydrogen-bond acceptors (Lipinski definition) is 1. The predicted octanol–water partition coefficient (Wildman–Crippen LogP) is 7.31. The Bertz CT molecular complexity index is 998. The average Bonchev–Trinajstić information content (AvgIpc) is 2.91. The molecule has 0 bridgehead atoms. The minimum atomic E-state index is 0.331. The molecule has 0 nitrogen and oxygen atoms in total. The van der Waals surface area contributed by atoms with Crippen LogP contribution < -0.4 is 0 Å². The predicted molar refractivity (Wildman–Crippen MR) is 108 cm³/mol. The van der Waals surface area contributed by atoms with Crippen molar-refractivity contribution in [2.24, 2.45) is 5.41 Å². The molecule has 0 aliphatic heterocycles. The van der Waals surface area contributed by atoms with Gasteiger partial charge in [0.25, 0.3) is 0 Å². The lowest BCUT2D eigenvalue weighted by atomic mass is 9.87. The second-order valence-electron chi connectivity index (χ2n) is 7.74. The molecule has 0 unspecified atom stereocenters. The molecule has 0 fully saturated rings. The third-order valence-electron chi connectivity index (χ3n) is 4.40. The van der Waals surface area contributed by atoms with Gasteiger partial charge in [-0.15, -0.1) is 11.3 Å². The summed E-state index contributed by atoms with van der Waals surface area (Å²) in [6.45, 7) is 6.86. The number of fused-ring (bicyclic) bond motifs is 3. The molecule has 120 valence electrons. The summed E-state index contributed by atoms with van der Waals surface area (Å²) in [6, 6.07) is 24.6. The first-order valence-electron chi connectivity index (χ1n) is 8.50. The molecule has 1 heteroatoms. The maximum Gasteiger partial charge on any atom is 0.0361 e. The normalized spacial score (nSPS) is 12.1. The Morgan fingerprint density at radius 2 is 1.38 bits per heavy atom. The third kappa shape index (κ3) is 2.97. The van der Waals surface area contributed by atoms with Gasteiger partial charge in [-0.2, -0.15) is 0 Å². The third-order valence-corrected chi connectivity index (χ3v) is 5.53. The summed E-state index contributed by atoms with van der Waals surface area (Å²) in [5.74, 6) is 0. The van der Waals surface area contributed by atoms with E-state index >= 15 is 0 Å². The van der Waals surface area contributed by atoms with Crippen LogP contribution in [0, 0.1) is 5.41 Å². The molecular formula is C23H22S. The van der Waals surface area contributed by atoms with Gasteiger partial charge < -0.3 is 0 Å². The number of benzene rings is 3. The van der Waals surface area contributed by atoms with E-state index in [4.69, 9.17) is 0 Å². The van der Waals surface area contributed by atoms with E-state index in [1.165, 1.54) is 36.9 Å². The fraction of sp³-hybridized carbons (Fsp3) is 0.217. The van der Waals surface area contributed by atoms with Gasteiger partial charge in [0.1, 0.15) is 0 Å². The van der Waals surface area contributed by atoms with Gasteiger partial charge in [-0.25, -0.2) is 0 Å². The van der Waals surface area contributed by atoms with E-state index in [2.05, 4.69) is 87.5 Å². The van der Waals surface area contributed by atoms with Crippen LogP contribution in [0.4, 0.5) is 0 Å². The molecule has 0 aliphatic carbocycles. The van der Waals surface area contributed by atoms with E-state index in [-0.39, 0.29) is 0 Å². The van der Waals surface area contributed by atoms with Crippen LogP contribution in [-0.2, 0) is 6.42 Å². The first kappa shape index (κ1) is 15.4. The SMILES string of the molecule is CC(C)(C)Cc1ccc(-c2ccc3c(c2)sc2ccccc23)cc1. The van der Waals surface area contributed by atoms with Crippen molar-refractivity contribution in [3.63, 3.8) is 0 Å². The Balaban J connectivity index is 1.72. The zero-order valence-electron chi connectivity index (χ0n) is 14.5. The minimum Gasteiger partial charge on any atom is -0.135 e. The molecule has 0 amide bonds. The Morgan fingerprint density at radius 3 is 2.12 bits per heavy atom. The van der Waals surface area contributed by atoms with Crippen LogP contribution in [0.3, 0.4) is 0 Å². The van der Waals surface area contributed by atoms with E-state index in [0.29, 0.717) is 5.41 Å². The minimum absolute atomic E-state index is 0.331. The van der Waals surface area contributed by atoms with Gasteiger partial charge in [0, 0.05) is 20.2 Å². The highest BCUT2D eigenvalue weighted by atomic mass is 32.1. The van der Waals surface area contributed by atoms with E-state index < -0.39 is 0 Å². The molecule has 0 aliphatic rings. The van der Waals surface area contributed by atoms with Crippen LogP contribution in [0.15, 0.2) is 66.7 Å². The van der Waals surface area contributed by atoms with Gasteiger partial charge >= 0.3 is 0 Å². The van der Waals surface area contributed by atoms with Crippen LogP contribution in [0.5, 0.6) is 0 Å². The first-order chi connectivity index (χ1) is 11.5. The van der Waals surface area contributed by atoms with E-state index in [1.54, 1.807) is 0 Å². The number of hydrogen-bond donors (Lipinski definition) is 0. The Labute approximate surface area is 147 Å². The fourth-order valence-electron chi connectivity index (χ4n) is 3.33. The molecule has 0 atom stereocenters. The monoisotopic (exact) mass is 330 g/mol. The molecule has 4 rings (SSSR count). The topological polar surface area (TPSA) is 0 Å². The molecule has 1 aromatic heterocycles. The van der Waals surface area contributed by atoms with Gasteiger partial charge in [0.05, 0.1) is 0 Å². The van der Waals surface area contributed by atoms with Crippen LogP contribution >= 0.6 is 11.3 Å². The molecule has 4 aromatic rings. The van der Waals surface area contributed by atoms with Gasteiger partial charge in [-0.05, 0) is 40.7 Å². The summed E-state index contributed by atoms with van der Waals surface area (Å²) >= 11 is 1.88. The summed E-state index contributed by atoms with van der Waals surface area (Å²) in [5.41, 5.74) is 4.34. The van der Waals surface area contributed by atoms with Crippen molar-refractivity contribution in [2.75, 3.05) is 0 Å². The molecule has 0 saturated heterocycles. The van der Waals surface area contributed by atoms with Crippen LogP contribution in [-0.4, -0.2) is 0 Å². The maximum absolute atomic E-state index is 2.33. The molecule has 3 aromatic carbocycles. The summed E-state index contributed by atoms with van der Waals surface area (Å²) in [6.07, 6.45) is 1.11.